The number of carbonyl (C=O) groups is 3. The Balaban J connectivity index is -0.0000000216. The van der Waals surface area contributed by atoms with Gasteiger partial charge in [-0.1, -0.05) is 6.58 Å². The van der Waals surface area contributed by atoms with Gasteiger partial charge >= 0.3 is 0 Å². The molecule has 0 bridgehead atoms. The van der Waals surface area contributed by atoms with Crippen molar-refractivity contribution in [3.63, 3.8) is 0 Å². The lowest BCUT2D eigenvalue weighted by Crippen LogP contribution is -2.04. The largest absolute Gasteiger partial charge is 0.366 e. The summed E-state index contributed by atoms with van der Waals surface area (Å²) >= 11 is 0. The summed E-state index contributed by atoms with van der Waals surface area (Å²) in [6.07, 6.45) is 1.06. The zero-order chi connectivity index (χ0) is 11.4. The number of nitrogens with two attached hydrogens (primary N) is 1. The van der Waals surface area contributed by atoms with Crippen LogP contribution in [0.3, 0.4) is 0 Å². The quantitative estimate of drug-likeness (QED) is 0.610. The SMILES string of the molecule is C=CC(N)=O.CC(C)=O.CC(C)=O.Cl.N.N. The Kier molecular flexibility index (Phi) is 66.5. The highest BCUT2D eigenvalue weighted by atomic mass is 35.5. The molecule has 0 heterocycles. The number of hydrogen-bond donors (Lipinski definition) is 3. The molecule has 0 aromatic carbocycles. The van der Waals surface area contributed by atoms with Gasteiger partial charge in [0.05, 0.1) is 0 Å². The average Bonchev–Trinajstić information content (AvgIpc) is 1.84. The summed E-state index contributed by atoms with van der Waals surface area (Å²) in [5.41, 5.74) is 4.53. The first-order valence-electron chi connectivity index (χ1n) is 3.60. The maximum Gasteiger partial charge on any atom is 0.240 e. The Labute approximate surface area is 103 Å². The van der Waals surface area contributed by atoms with E-state index in [9.17, 15) is 14.4 Å². The van der Waals surface area contributed by atoms with Crippen molar-refractivity contribution in [2.75, 3.05) is 0 Å². The molecule has 0 unspecified atom stereocenters. The Morgan fingerprint density at radius 3 is 1.00 bits per heavy atom. The molecule has 8 N–H and O–H groups in total. The van der Waals surface area contributed by atoms with Crippen molar-refractivity contribution in [1.82, 2.24) is 12.3 Å². The van der Waals surface area contributed by atoms with E-state index in [1.165, 1.54) is 27.7 Å². The lowest BCUT2D eigenvalue weighted by Gasteiger charge is -1.65. The summed E-state index contributed by atoms with van der Waals surface area (Å²) in [6, 6.07) is 0. The van der Waals surface area contributed by atoms with Crippen LogP contribution in [-0.2, 0) is 14.4 Å². The molecule has 0 aliphatic carbocycles. The molecule has 0 spiro atoms. The highest BCUT2D eigenvalue weighted by molar-refractivity contribution is 5.85. The van der Waals surface area contributed by atoms with Crippen molar-refractivity contribution in [2.24, 2.45) is 5.73 Å². The van der Waals surface area contributed by atoms with Gasteiger partial charge in [0.15, 0.2) is 0 Å². The van der Waals surface area contributed by atoms with E-state index in [4.69, 9.17) is 0 Å². The van der Waals surface area contributed by atoms with Crippen molar-refractivity contribution in [1.29, 1.82) is 0 Å². The van der Waals surface area contributed by atoms with Gasteiger partial charge in [-0.2, -0.15) is 0 Å². The van der Waals surface area contributed by atoms with Crippen molar-refractivity contribution >= 4 is 29.9 Å². The normalized spacial score (nSPS) is 5.25. The number of Topliss-reactive ketones (excluding diaryl/α,β-unsaturated/α-hetero) is 2. The van der Waals surface area contributed by atoms with Crippen LogP contribution < -0.4 is 18.0 Å². The van der Waals surface area contributed by atoms with Crippen LogP contribution in [0.2, 0.25) is 0 Å². The van der Waals surface area contributed by atoms with Crippen molar-refractivity contribution in [2.45, 2.75) is 27.7 Å². The number of primary amides is 1. The highest BCUT2D eigenvalue weighted by Crippen LogP contribution is 1.51. The number of ketones is 2. The third kappa shape index (κ3) is 3060. The molecule has 0 rings (SSSR count). The summed E-state index contributed by atoms with van der Waals surface area (Å²) in [7, 11) is 0. The number of amides is 1. The third-order valence-corrected chi connectivity index (χ3v) is 0.201. The van der Waals surface area contributed by atoms with Gasteiger partial charge in [0.1, 0.15) is 11.6 Å². The van der Waals surface area contributed by atoms with Crippen LogP contribution in [0.15, 0.2) is 12.7 Å². The van der Waals surface area contributed by atoms with Crippen molar-refractivity contribution < 1.29 is 14.4 Å². The molecule has 7 heteroatoms. The average molecular weight is 258 g/mol. The molecule has 100 valence electrons. The standard InChI is InChI=1S/C3H5NO.2C3H6O.ClH.2H3N/c1-2-3(4)5;2*1-3(2)4;;;/h2H,1H2,(H2,4,5);2*1-2H3;1H;2*1H3. The Hall–Kier alpha value is -1.24. The monoisotopic (exact) mass is 257 g/mol. The fourth-order valence-corrected chi connectivity index (χ4v) is 0. The Morgan fingerprint density at radius 2 is 1.00 bits per heavy atom. The molecule has 0 aromatic rings. The molecule has 0 aromatic heterocycles. The first-order valence-corrected chi connectivity index (χ1v) is 3.60. The maximum absolute atomic E-state index is 9.47. The summed E-state index contributed by atoms with van der Waals surface area (Å²) in [5.74, 6) is -0.148. The second-order valence-electron chi connectivity index (χ2n) is 2.42. The minimum atomic E-state index is -0.481. The highest BCUT2D eigenvalue weighted by Gasteiger charge is 1.69. The second kappa shape index (κ2) is 29.2. The molecule has 0 saturated carbocycles. The van der Waals surface area contributed by atoms with Crippen LogP contribution in [0.4, 0.5) is 0 Å². The van der Waals surface area contributed by atoms with Gasteiger partial charge in [-0.15, -0.1) is 12.4 Å². The van der Waals surface area contributed by atoms with Crippen LogP contribution in [0, 0.1) is 0 Å². The van der Waals surface area contributed by atoms with E-state index in [1.54, 1.807) is 0 Å². The van der Waals surface area contributed by atoms with Crippen molar-refractivity contribution in [3.8, 4) is 0 Å². The zero-order valence-electron chi connectivity index (χ0n) is 10.4. The molecular formula is C9H24ClN3O3. The molecule has 16 heavy (non-hydrogen) atoms. The summed E-state index contributed by atoms with van der Waals surface area (Å²) < 4.78 is 0. The first-order chi connectivity index (χ1) is 5.73. The predicted molar refractivity (Wildman–Crippen MR) is 69.4 cm³/mol. The van der Waals surface area contributed by atoms with E-state index in [-0.39, 0.29) is 36.3 Å². The van der Waals surface area contributed by atoms with E-state index in [1.807, 2.05) is 0 Å². The zero-order valence-corrected chi connectivity index (χ0v) is 11.2. The number of carbonyl (C=O) groups excluding carboxylic acids is 3. The molecule has 6 nitrogen and oxygen atoms in total. The van der Waals surface area contributed by atoms with Gasteiger partial charge in [-0.3, -0.25) is 4.79 Å². The fourth-order valence-electron chi connectivity index (χ4n) is 0. The minimum absolute atomic E-state index is 0. The van der Waals surface area contributed by atoms with E-state index < -0.39 is 5.91 Å². The summed E-state index contributed by atoms with van der Waals surface area (Å²) in [6.45, 7) is 9.20. The van der Waals surface area contributed by atoms with E-state index in [2.05, 4.69) is 12.3 Å². The van der Waals surface area contributed by atoms with Gasteiger partial charge in [0, 0.05) is 0 Å². The van der Waals surface area contributed by atoms with Gasteiger partial charge in [-0.25, -0.2) is 0 Å². The van der Waals surface area contributed by atoms with E-state index >= 15 is 0 Å². The molecule has 0 aliphatic heterocycles. The molecular weight excluding hydrogens is 234 g/mol. The number of hydrogen-bond acceptors (Lipinski definition) is 5. The molecule has 0 saturated heterocycles. The van der Waals surface area contributed by atoms with Crippen LogP contribution in [0.5, 0.6) is 0 Å². The van der Waals surface area contributed by atoms with Gasteiger partial charge in [0.25, 0.3) is 0 Å². The molecule has 0 fully saturated rings. The lowest BCUT2D eigenvalue weighted by molar-refractivity contribution is -0.115. The van der Waals surface area contributed by atoms with Crippen molar-refractivity contribution in [3.05, 3.63) is 12.7 Å². The van der Waals surface area contributed by atoms with Gasteiger partial charge in [-0.05, 0) is 33.8 Å². The summed E-state index contributed by atoms with van der Waals surface area (Å²) in [4.78, 5) is 28.4. The molecule has 0 radical (unpaired) electrons. The Bertz CT molecular complexity index is 176. The van der Waals surface area contributed by atoms with Crippen LogP contribution in [0.25, 0.3) is 0 Å². The fraction of sp³-hybridized carbons (Fsp3) is 0.444. The lowest BCUT2D eigenvalue weighted by atomic mass is 10.6. The number of halogens is 1. The minimum Gasteiger partial charge on any atom is -0.366 e. The van der Waals surface area contributed by atoms with Gasteiger partial charge in [0.2, 0.25) is 5.91 Å². The van der Waals surface area contributed by atoms with Crippen LogP contribution in [0.1, 0.15) is 27.7 Å². The van der Waals surface area contributed by atoms with Gasteiger partial charge < -0.3 is 27.6 Å². The molecule has 1 amide bonds. The van der Waals surface area contributed by atoms with Crippen LogP contribution in [-0.4, -0.2) is 17.5 Å². The predicted octanol–water partition coefficient (Wildman–Crippen LogP) is 1.59. The van der Waals surface area contributed by atoms with E-state index in [0.29, 0.717) is 0 Å². The van der Waals surface area contributed by atoms with E-state index in [0.717, 1.165) is 6.08 Å². The smallest absolute Gasteiger partial charge is 0.240 e. The molecule has 0 aliphatic rings. The maximum atomic E-state index is 9.47. The summed E-state index contributed by atoms with van der Waals surface area (Å²) in [5, 5.41) is 0. The second-order valence-corrected chi connectivity index (χ2v) is 2.42. The Morgan fingerprint density at radius 1 is 0.938 bits per heavy atom. The number of rotatable bonds is 1. The third-order valence-electron chi connectivity index (χ3n) is 0.201. The molecule has 0 atom stereocenters. The first kappa shape index (κ1) is 36.4. The van der Waals surface area contributed by atoms with Crippen LogP contribution >= 0.6 is 12.4 Å². The topological polar surface area (TPSA) is 147 Å².